The highest BCUT2D eigenvalue weighted by Crippen LogP contribution is 2.35. The average Bonchev–Trinajstić information content (AvgIpc) is 2.95. The summed E-state index contributed by atoms with van der Waals surface area (Å²) < 4.78 is 40.9. The summed E-state index contributed by atoms with van der Waals surface area (Å²) in [6.45, 7) is 1.54. The first-order valence-electron chi connectivity index (χ1n) is 8.73. The van der Waals surface area contributed by atoms with Crippen molar-refractivity contribution < 1.29 is 22.8 Å². The fraction of sp³-hybridized carbons (Fsp3) is 0.421. The second-order valence-corrected chi connectivity index (χ2v) is 6.88. The molecule has 1 aliphatic carbocycles. The Morgan fingerprint density at radius 3 is 2.59 bits per heavy atom. The van der Waals surface area contributed by atoms with Crippen LogP contribution in [0, 0.1) is 6.92 Å². The molecule has 1 heterocycles. The first-order valence-corrected chi connectivity index (χ1v) is 8.73. The van der Waals surface area contributed by atoms with Crippen LogP contribution in [0.15, 0.2) is 18.2 Å². The van der Waals surface area contributed by atoms with Crippen molar-refractivity contribution >= 4 is 11.7 Å². The summed E-state index contributed by atoms with van der Waals surface area (Å²) in [7, 11) is 0. The topological polar surface area (TPSA) is 78.0 Å². The highest BCUT2D eigenvalue weighted by Gasteiger charge is 2.39. The number of amides is 1. The Kier molecular flexibility index (Phi) is 5.08. The summed E-state index contributed by atoms with van der Waals surface area (Å²) in [6, 6.07) is 5.00. The minimum atomic E-state index is -4.54. The quantitative estimate of drug-likeness (QED) is 0.868. The van der Waals surface area contributed by atoms with Crippen LogP contribution in [-0.2, 0) is 36.8 Å². The molecule has 144 valence electrons. The number of primary amides is 1. The zero-order chi connectivity index (χ0) is 19.8. The van der Waals surface area contributed by atoms with Gasteiger partial charge in [0.1, 0.15) is 6.54 Å². The largest absolute Gasteiger partial charge is 0.435 e. The number of hydrogen-bond donors (Lipinski definition) is 1. The molecule has 0 saturated heterocycles. The first kappa shape index (κ1) is 19.1. The van der Waals surface area contributed by atoms with Crippen molar-refractivity contribution in [3.63, 3.8) is 0 Å². The Morgan fingerprint density at radius 1 is 1.22 bits per heavy atom. The molecular formula is C19H20F3N3O2. The van der Waals surface area contributed by atoms with Crippen molar-refractivity contribution in [2.75, 3.05) is 0 Å². The van der Waals surface area contributed by atoms with Crippen molar-refractivity contribution in [3.8, 4) is 0 Å². The Hall–Kier alpha value is -2.64. The second kappa shape index (κ2) is 7.17. The van der Waals surface area contributed by atoms with E-state index in [1.54, 1.807) is 25.1 Å². The van der Waals surface area contributed by atoms with E-state index in [-0.39, 0.29) is 29.9 Å². The standard InChI is InChI=1S/C19H20F3N3O2/c1-11-6-7-12(15(8-11)18(23)27)9-13(26)10-25-16-5-3-2-4-14(16)17(24-25)19(20,21)22/h6-8H,2-5,9-10H2,1H3,(H2,23,27). The lowest BCUT2D eigenvalue weighted by Crippen LogP contribution is -2.20. The fourth-order valence-electron chi connectivity index (χ4n) is 3.54. The predicted octanol–water partition coefficient (Wildman–Crippen LogP) is 3.00. The highest BCUT2D eigenvalue weighted by atomic mass is 19.4. The molecule has 0 saturated carbocycles. The molecule has 0 aliphatic heterocycles. The summed E-state index contributed by atoms with van der Waals surface area (Å²) in [5.74, 6) is -0.969. The molecule has 27 heavy (non-hydrogen) atoms. The number of aromatic nitrogens is 2. The van der Waals surface area contributed by atoms with E-state index in [0.29, 0.717) is 30.5 Å². The van der Waals surface area contributed by atoms with Gasteiger partial charge in [0.15, 0.2) is 11.5 Å². The molecule has 2 aromatic rings. The minimum absolute atomic E-state index is 0.0888. The third-order valence-electron chi connectivity index (χ3n) is 4.77. The number of carbonyl (C=O) groups excluding carboxylic acids is 2. The Labute approximate surface area is 154 Å². The smallest absolute Gasteiger partial charge is 0.366 e. The summed E-state index contributed by atoms with van der Waals surface area (Å²) in [4.78, 5) is 24.1. The van der Waals surface area contributed by atoms with Gasteiger partial charge in [0.2, 0.25) is 5.91 Å². The van der Waals surface area contributed by atoms with Crippen LogP contribution in [0.1, 0.15) is 51.3 Å². The van der Waals surface area contributed by atoms with Crippen molar-refractivity contribution in [1.82, 2.24) is 9.78 Å². The Balaban J connectivity index is 1.85. The molecule has 0 spiro atoms. The lowest BCUT2D eigenvalue weighted by Gasteiger charge is -2.14. The molecule has 0 fully saturated rings. The van der Waals surface area contributed by atoms with Gasteiger partial charge in [-0.1, -0.05) is 17.7 Å². The lowest BCUT2D eigenvalue weighted by molar-refractivity contribution is -0.142. The number of carbonyl (C=O) groups is 2. The average molecular weight is 379 g/mol. The first-order chi connectivity index (χ1) is 12.7. The molecule has 1 aromatic heterocycles. The SMILES string of the molecule is Cc1ccc(CC(=O)Cn2nc(C(F)(F)F)c3c2CCCC3)c(C(N)=O)c1. The van der Waals surface area contributed by atoms with Gasteiger partial charge in [0.05, 0.1) is 0 Å². The number of hydrogen-bond acceptors (Lipinski definition) is 3. The van der Waals surface area contributed by atoms with Gasteiger partial charge in [0.25, 0.3) is 0 Å². The number of nitrogens with two attached hydrogens (primary N) is 1. The van der Waals surface area contributed by atoms with Crippen molar-refractivity contribution in [3.05, 3.63) is 51.8 Å². The van der Waals surface area contributed by atoms with Gasteiger partial charge in [0, 0.05) is 23.2 Å². The molecule has 5 nitrogen and oxygen atoms in total. The van der Waals surface area contributed by atoms with E-state index in [1.807, 2.05) is 0 Å². The molecule has 3 rings (SSSR count). The van der Waals surface area contributed by atoms with Crippen LogP contribution in [0.3, 0.4) is 0 Å². The number of Topliss-reactive ketones (excluding diaryl/α,β-unsaturated/α-hetero) is 1. The zero-order valence-electron chi connectivity index (χ0n) is 14.9. The second-order valence-electron chi connectivity index (χ2n) is 6.88. The van der Waals surface area contributed by atoms with Gasteiger partial charge >= 0.3 is 6.18 Å². The summed E-state index contributed by atoms with van der Waals surface area (Å²) in [6.07, 6.45) is -2.37. The predicted molar refractivity (Wildman–Crippen MR) is 92.3 cm³/mol. The van der Waals surface area contributed by atoms with E-state index in [0.717, 1.165) is 12.0 Å². The van der Waals surface area contributed by atoms with Gasteiger partial charge in [-0.05, 0) is 44.2 Å². The van der Waals surface area contributed by atoms with Crippen molar-refractivity contribution in [2.24, 2.45) is 5.73 Å². The molecule has 1 amide bonds. The molecule has 0 atom stereocenters. The van der Waals surface area contributed by atoms with E-state index in [2.05, 4.69) is 5.10 Å². The number of halogens is 3. The number of alkyl halides is 3. The Morgan fingerprint density at radius 2 is 1.93 bits per heavy atom. The van der Waals surface area contributed by atoms with Gasteiger partial charge < -0.3 is 5.73 Å². The summed E-state index contributed by atoms with van der Waals surface area (Å²) in [5, 5.41) is 3.70. The molecule has 0 unspecified atom stereocenters. The maximum atomic E-state index is 13.2. The minimum Gasteiger partial charge on any atom is -0.366 e. The van der Waals surface area contributed by atoms with Crippen LogP contribution in [0.4, 0.5) is 13.2 Å². The number of rotatable bonds is 5. The Bertz CT molecular complexity index is 900. The number of fused-ring (bicyclic) bond motifs is 1. The molecule has 8 heteroatoms. The number of nitrogens with zero attached hydrogens (tertiary/aromatic N) is 2. The number of benzene rings is 1. The molecule has 1 aromatic carbocycles. The van der Waals surface area contributed by atoms with Crippen LogP contribution in [0.25, 0.3) is 0 Å². The molecule has 1 aliphatic rings. The van der Waals surface area contributed by atoms with Crippen molar-refractivity contribution in [1.29, 1.82) is 0 Å². The third-order valence-corrected chi connectivity index (χ3v) is 4.77. The van der Waals surface area contributed by atoms with Crippen LogP contribution < -0.4 is 5.73 Å². The lowest BCUT2D eigenvalue weighted by atomic mass is 9.95. The third kappa shape index (κ3) is 4.04. The molecule has 0 radical (unpaired) electrons. The van der Waals surface area contributed by atoms with E-state index in [4.69, 9.17) is 5.73 Å². The summed E-state index contributed by atoms with van der Waals surface area (Å²) in [5.41, 5.74) is 6.71. The number of ketones is 1. The molecular weight excluding hydrogens is 359 g/mol. The molecule has 0 bridgehead atoms. The van der Waals surface area contributed by atoms with Crippen LogP contribution in [-0.4, -0.2) is 21.5 Å². The summed E-state index contributed by atoms with van der Waals surface area (Å²) >= 11 is 0. The monoisotopic (exact) mass is 379 g/mol. The van der Waals surface area contributed by atoms with Crippen LogP contribution >= 0.6 is 0 Å². The maximum absolute atomic E-state index is 13.2. The van der Waals surface area contributed by atoms with Gasteiger partial charge in [-0.2, -0.15) is 18.3 Å². The highest BCUT2D eigenvalue weighted by molar-refractivity contribution is 5.96. The van der Waals surface area contributed by atoms with Gasteiger partial charge in [-0.25, -0.2) is 0 Å². The van der Waals surface area contributed by atoms with E-state index in [1.165, 1.54) is 4.68 Å². The van der Waals surface area contributed by atoms with E-state index < -0.39 is 17.8 Å². The van der Waals surface area contributed by atoms with Crippen LogP contribution in [0.5, 0.6) is 0 Å². The van der Waals surface area contributed by atoms with Gasteiger partial charge in [-0.15, -0.1) is 0 Å². The van der Waals surface area contributed by atoms with Crippen molar-refractivity contribution in [2.45, 2.75) is 51.7 Å². The normalized spacial score (nSPS) is 14.1. The van der Waals surface area contributed by atoms with Gasteiger partial charge in [-0.3, -0.25) is 14.3 Å². The molecule has 2 N–H and O–H groups in total. The van der Waals surface area contributed by atoms with E-state index >= 15 is 0 Å². The fourth-order valence-corrected chi connectivity index (χ4v) is 3.54. The number of aryl methyl sites for hydroxylation is 1. The zero-order valence-corrected chi connectivity index (χ0v) is 14.9. The maximum Gasteiger partial charge on any atom is 0.435 e. The van der Waals surface area contributed by atoms with E-state index in [9.17, 15) is 22.8 Å². The van der Waals surface area contributed by atoms with Crippen LogP contribution in [0.2, 0.25) is 0 Å².